The number of benzene rings is 2. The Hall–Kier alpha value is -2.33. The lowest BCUT2D eigenvalue weighted by molar-refractivity contribution is -0.903. The molecule has 0 saturated heterocycles. The van der Waals surface area contributed by atoms with Gasteiger partial charge in [0.1, 0.15) is 12.3 Å². The van der Waals surface area contributed by atoms with Crippen LogP contribution in [0.15, 0.2) is 54.6 Å². The first-order valence-electron chi connectivity index (χ1n) is 15.6. The second kappa shape index (κ2) is 19.7. The van der Waals surface area contributed by atoms with Crippen LogP contribution in [-0.4, -0.2) is 43.8 Å². The van der Waals surface area contributed by atoms with Crippen molar-refractivity contribution < 1.29 is 18.8 Å². The number of quaternary nitrogens is 1. The van der Waals surface area contributed by atoms with Crippen molar-refractivity contribution in [2.24, 2.45) is 0 Å². The second-order valence-electron chi connectivity index (χ2n) is 11.9. The van der Waals surface area contributed by atoms with Gasteiger partial charge in [-0.15, -0.1) is 0 Å². The standard InChI is InChI=1S/C35H56NO3/c1-5-6-7-8-9-10-11-12-13-15-20-32-23-18-24-34(29-32)39-31(2)26-28-38-35(37)25-19-27-36(3,4)30-33-21-16-14-17-22-33/h14,16-18,21-24,29,31H,5-13,15,19-20,25-28,30H2,1-4H3/q+1. The first-order valence-corrected chi connectivity index (χ1v) is 15.6. The molecular weight excluding hydrogens is 482 g/mol. The highest BCUT2D eigenvalue weighted by Gasteiger charge is 2.17. The molecule has 0 aliphatic carbocycles. The summed E-state index contributed by atoms with van der Waals surface area (Å²) in [5, 5.41) is 0. The molecule has 2 rings (SSSR count). The van der Waals surface area contributed by atoms with E-state index in [1.807, 2.05) is 19.1 Å². The van der Waals surface area contributed by atoms with Gasteiger partial charge in [0.2, 0.25) is 0 Å². The summed E-state index contributed by atoms with van der Waals surface area (Å²) < 4.78 is 12.5. The lowest BCUT2D eigenvalue weighted by Gasteiger charge is -2.29. The Balaban J connectivity index is 1.54. The van der Waals surface area contributed by atoms with Crippen LogP contribution in [0.25, 0.3) is 0 Å². The van der Waals surface area contributed by atoms with Gasteiger partial charge in [-0.2, -0.15) is 0 Å². The second-order valence-corrected chi connectivity index (χ2v) is 11.9. The van der Waals surface area contributed by atoms with Gasteiger partial charge in [0.05, 0.1) is 39.8 Å². The van der Waals surface area contributed by atoms with Gasteiger partial charge in [-0.25, -0.2) is 0 Å². The molecule has 0 N–H and O–H groups in total. The van der Waals surface area contributed by atoms with Crippen molar-refractivity contribution in [1.29, 1.82) is 0 Å². The monoisotopic (exact) mass is 538 g/mol. The lowest BCUT2D eigenvalue weighted by Crippen LogP contribution is -2.39. The molecule has 0 spiro atoms. The molecule has 0 aliphatic heterocycles. The molecule has 0 fully saturated rings. The van der Waals surface area contributed by atoms with Crippen LogP contribution in [0.4, 0.5) is 0 Å². The van der Waals surface area contributed by atoms with Gasteiger partial charge in [0, 0.05) is 18.4 Å². The highest BCUT2D eigenvalue weighted by molar-refractivity contribution is 5.69. The van der Waals surface area contributed by atoms with Crippen LogP contribution < -0.4 is 4.74 Å². The Morgan fingerprint density at radius 3 is 2.13 bits per heavy atom. The van der Waals surface area contributed by atoms with Crippen molar-refractivity contribution in [3.8, 4) is 5.75 Å². The maximum atomic E-state index is 12.2. The van der Waals surface area contributed by atoms with E-state index in [1.165, 1.54) is 75.3 Å². The zero-order valence-electron chi connectivity index (χ0n) is 25.5. The predicted molar refractivity (Wildman–Crippen MR) is 164 cm³/mol. The molecule has 0 heterocycles. The topological polar surface area (TPSA) is 35.5 Å². The summed E-state index contributed by atoms with van der Waals surface area (Å²) in [6.45, 7) is 6.64. The van der Waals surface area contributed by atoms with Crippen LogP contribution in [0.5, 0.6) is 5.75 Å². The zero-order valence-corrected chi connectivity index (χ0v) is 25.5. The Kier molecular flexibility index (Phi) is 16.6. The van der Waals surface area contributed by atoms with Crippen LogP contribution in [-0.2, 0) is 22.5 Å². The molecule has 218 valence electrons. The molecule has 0 aliphatic rings. The van der Waals surface area contributed by atoms with E-state index >= 15 is 0 Å². The van der Waals surface area contributed by atoms with Crippen LogP contribution in [0.2, 0.25) is 0 Å². The summed E-state index contributed by atoms with van der Waals surface area (Å²) in [4.78, 5) is 12.2. The van der Waals surface area contributed by atoms with Crippen LogP contribution >= 0.6 is 0 Å². The summed E-state index contributed by atoms with van der Waals surface area (Å²) in [7, 11) is 4.42. The van der Waals surface area contributed by atoms with E-state index in [1.54, 1.807) is 0 Å². The fraction of sp³-hybridized carbons (Fsp3) is 0.629. The van der Waals surface area contributed by atoms with Gasteiger partial charge in [-0.05, 0) is 37.5 Å². The van der Waals surface area contributed by atoms with Gasteiger partial charge < -0.3 is 14.0 Å². The zero-order chi connectivity index (χ0) is 28.2. The van der Waals surface area contributed by atoms with E-state index in [9.17, 15) is 4.79 Å². The Bertz CT molecular complexity index is 896. The number of rotatable bonds is 22. The van der Waals surface area contributed by atoms with Crippen LogP contribution in [0, 0.1) is 0 Å². The summed E-state index contributed by atoms with van der Waals surface area (Å²) in [5.74, 6) is 0.803. The van der Waals surface area contributed by atoms with E-state index in [-0.39, 0.29) is 12.1 Å². The molecule has 0 amide bonds. The molecule has 1 unspecified atom stereocenters. The van der Waals surface area contributed by atoms with Gasteiger partial charge in [0.25, 0.3) is 0 Å². The Morgan fingerprint density at radius 2 is 1.44 bits per heavy atom. The molecule has 39 heavy (non-hydrogen) atoms. The average Bonchev–Trinajstić information content (AvgIpc) is 2.90. The van der Waals surface area contributed by atoms with E-state index in [4.69, 9.17) is 9.47 Å². The number of unbranched alkanes of at least 4 members (excludes halogenated alkanes) is 9. The van der Waals surface area contributed by atoms with Crippen LogP contribution in [0.1, 0.15) is 108 Å². The number of hydrogen-bond acceptors (Lipinski definition) is 3. The van der Waals surface area contributed by atoms with Crippen LogP contribution in [0.3, 0.4) is 0 Å². The summed E-state index contributed by atoms with van der Waals surface area (Å²) in [6.07, 6.45) is 16.7. The molecule has 2 aromatic rings. The molecule has 2 aromatic carbocycles. The minimum atomic E-state index is -0.111. The maximum absolute atomic E-state index is 12.2. The van der Waals surface area contributed by atoms with Gasteiger partial charge >= 0.3 is 5.97 Å². The van der Waals surface area contributed by atoms with Crippen molar-refractivity contribution in [3.63, 3.8) is 0 Å². The van der Waals surface area contributed by atoms with Gasteiger partial charge in [-0.1, -0.05) is 107 Å². The van der Waals surface area contributed by atoms with E-state index in [0.717, 1.165) is 36.2 Å². The maximum Gasteiger partial charge on any atom is 0.306 e. The number of hydrogen-bond donors (Lipinski definition) is 0. The summed E-state index contributed by atoms with van der Waals surface area (Å²) >= 11 is 0. The minimum absolute atomic E-state index is 0.00634. The third kappa shape index (κ3) is 16.4. The van der Waals surface area contributed by atoms with Crippen molar-refractivity contribution >= 4 is 5.97 Å². The third-order valence-electron chi connectivity index (χ3n) is 7.44. The van der Waals surface area contributed by atoms with Gasteiger partial charge in [0.15, 0.2) is 0 Å². The number of esters is 1. The largest absolute Gasteiger partial charge is 0.491 e. The SMILES string of the molecule is CCCCCCCCCCCCc1cccc(OC(C)CCOC(=O)CCC[N+](C)(C)Cc2ccccc2)c1. The number of carbonyl (C=O) groups is 1. The summed E-state index contributed by atoms with van der Waals surface area (Å²) in [6, 6.07) is 19.0. The molecule has 0 bridgehead atoms. The number of nitrogens with zero attached hydrogens (tertiary/aromatic N) is 1. The molecular formula is C35H56NO3+. The fourth-order valence-electron chi connectivity index (χ4n) is 5.10. The third-order valence-corrected chi connectivity index (χ3v) is 7.44. The van der Waals surface area contributed by atoms with Crippen molar-refractivity contribution in [2.75, 3.05) is 27.2 Å². The Morgan fingerprint density at radius 1 is 0.795 bits per heavy atom. The number of carbonyl (C=O) groups excluding carboxylic acids is 1. The molecule has 0 radical (unpaired) electrons. The molecule has 0 saturated carbocycles. The number of ether oxygens (including phenoxy) is 2. The highest BCUT2D eigenvalue weighted by Crippen LogP contribution is 2.19. The van der Waals surface area contributed by atoms with Crippen molar-refractivity contribution in [2.45, 2.75) is 116 Å². The molecule has 1 atom stereocenters. The fourth-order valence-corrected chi connectivity index (χ4v) is 5.10. The van der Waals surface area contributed by atoms with E-state index < -0.39 is 0 Å². The lowest BCUT2D eigenvalue weighted by atomic mass is 10.0. The quantitative estimate of drug-likeness (QED) is 0.0853. The highest BCUT2D eigenvalue weighted by atomic mass is 16.5. The smallest absolute Gasteiger partial charge is 0.306 e. The van der Waals surface area contributed by atoms with Crippen molar-refractivity contribution in [1.82, 2.24) is 0 Å². The van der Waals surface area contributed by atoms with E-state index in [0.29, 0.717) is 19.4 Å². The first-order chi connectivity index (χ1) is 18.9. The normalized spacial score (nSPS) is 12.3. The molecule has 4 heteroatoms. The van der Waals surface area contributed by atoms with Gasteiger partial charge in [-0.3, -0.25) is 4.79 Å². The number of aryl methyl sites for hydroxylation is 1. The first kappa shape index (κ1) is 32.9. The molecule has 4 nitrogen and oxygen atoms in total. The van der Waals surface area contributed by atoms with Crippen molar-refractivity contribution in [3.05, 3.63) is 65.7 Å². The summed E-state index contributed by atoms with van der Waals surface area (Å²) in [5.41, 5.74) is 2.67. The predicted octanol–water partition coefficient (Wildman–Crippen LogP) is 8.91. The molecule has 0 aromatic heterocycles. The average molecular weight is 539 g/mol. The Labute approximate surface area is 239 Å². The minimum Gasteiger partial charge on any atom is -0.491 e. The van der Waals surface area contributed by atoms with E-state index in [2.05, 4.69) is 63.5 Å².